The Morgan fingerprint density at radius 3 is 2.85 bits per heavy atom. The SMILES string of the molecule is CCNC(C)C1(O)CCCC(C)C1. The monoisotopic (exact) mass is 185 g/mol. The van der Waals surface area contributed by atoms with Gasteiger partial charge in [-0.15, -0.1) is 0 Å². The third-order valence-electron chi connectivity index (χ3n) is 3.32. The first kappa shape index (κ1) is 11.0. The molecule has 1 fully saturated rings. The van der Waals surface area contributed by atoms with Crippen molar-refractivity contribution in [3.63, 3.8) is 0 Å². The molecule has 0 spiro atoms. The van der Waals surface area contributed by atoms with Crippen molar-refractivity contribution in [2.45, 2.75) is 58.1 Å². The van der Waals surface area contributed by atoms with E-state index < -0.39 is 5.60 Å². The van der Waals surface area contributed by atoms with Gasteiger partial charge in [-0.05, 0) is 32.2 Å². The van der Waals surface area contributed by atoms with E-state index in [4.69, 9.17) is 0 Å². The maximum Gasteiger partial charge on any atom is 0.0799 e. The number of likely N-dealkylation sites (N-methyl/N-ethyl adjacent to an activating group) is 1. The minimum Gasteiger partial charge on any atom is -0.388 e. The quantitative estimate of drug-likeness (QED) is 0.704. The first-order valence-corrected chi connectivity index (χ1v) is 5.54. The molecular formula is C11H23NO. The van der Waals surface area contributed by atoms with Crippen LogP contribution < -0.4 is 5.32 Å². The van der Waals surface area contributed by atoms with Crippen molar-refractivity contribution in [3.8, 4) is 0 Å². The zero-order valence-electron chi connectivity index (χ0n) is 9.14. The van der Waals surface area contributed by atoms with Crippen molar-refractivity contribution in [2.24, 2.45) is 5.92 Å². The van der Waals surface area contributed by atoms with E-state index in [9.17, 15) is 5.11 Å². The molecule has 78 valence electrons. The smallest absolute Gasteiger partial charge is 0.0799 e. The Balaban J connectivity index is 2.52. The summed E-state index contributed by atoms with van der Waals surface area (Å²) in [6, 6.07) is 0.236. The summed E-state index contributed by atoms with van der Waals surface area (Å²) in [4.78, 5) is 0. The summed E-state index contributed by atoms with van der Waals surface area (Å²) in [5.74, 6) is 0.680. The predicted molar refractivity (Wildman–Crippen MR) is 55.7 cm³/mol. The van der Waals surface area contributed by atoms with Gasteiger partial charge in [-0.1, -0.05) is 26.7 Å². The van der Waals surface area contributed by atoms with Crippen molar-refractivity contribution in [1.82, 2.24) is 5.32 Å². The average molecular weight is 185 g/mol. The fraction of sp³-hybridized carbons (Fsp3) is 1.00. The van der Waals surface area contributed by atoms with Crippen molar-refractivity contribution in [3.05, 3.63) is 0 Å². The van der Waals surface area contributed by atoms with Gasteiger partial charge in [-0.25, -0.2) is 0 Å². The molecule has 1 aliphatic carbocycles. The van der Waals surface area contributed by atoms with Gasteiger partial charge in [0.15, 0.2) is 0 Å². The molecule has 0 aromatic heterocycles. The van der Waals surface area contributed by atoms with Crippen LogP contribution in [0.25, 0.3) is 0 Å². The van der Waals surface area contributed by atoms with Crippen LogP contribution in [0.3, 0.4) is 0 Å². The zero-order chi connectivity index (χ0) is 9.90. The summed E-state index contributed by atoms with van der Waals surface area (Å²) < 4.78 is 0. The fourth-order valence-electron chi connectivity index (χ4n) is 2.45. The number of nitrogens with one attached hydrogen (secondary N) is 1. The van der Waals surface area contributed by atoms with Gasteiger partial charge in [0.05, 0.1) is 5.60 Å². The van der Waals surface area contributed by atoms with E-state index in [1.54, 1.807) is 0 Å². The Hall–Kier alpha value is -0.0800. The lowest BCUT2D eigenvalue weighted by molar-refractivity contribution is -0.0394. The summed E-state index contributed by atoms with van der Waals surface area (Å²) in [5, 5.41) is 13.7. The molecule has 0 aliphatic heterocycles. The molecule has 3 atom stereocenters. The third kappa shape index (κ3) is 2.68. The molecule has 3 unspecified atom stereocenters. The van der Waals surface area contributed by atoms with Crippen LogP contribution in [0.1, 0.15) is 46.5 Å². The molecule has 2 nitrogen and oxygen atoms in total. The highest BCUT2D eigenvalue weighted by Crippen LogP contribution is 2.34. The second kappa shape index (κ2) is 4.43. The zero-order valence-corrected chi connectivity index (χ0v) is 9.14. The first-order chi connectivity index (χ1) is 6.08. The van der Waals surface area contributed by atoms with E-state index in [1.807, 2.05) is 0 Å². The van der Waals surface area contributed by atoms with Gasteiger partial charge >= 0.3 is 0 Å². The van der Waals surface area contributed by atoms with E-state index in [-0.39, 0.29) is 6.04 Å². The second-order valence-corrected chi connectivity index (χ2v) is 4.58. The molecule has 0 aromatic carbocycles. The molecule has 0 amide bonds. The van der Waals surface area contributed by atoms with Crippen LogP contribution in [0.5, 0.6) is 0 Å². The van der Waals surface area contributed by atoms with Gasteiger partial charge in [0, 0.05) is 6.04 Å². The standard InChI is InChI=1S/C11H23NO/c1-4-12-10(3)11(13)7-5-6-9(2)8-11/h9-10,12-13H,4-8H2,1-3H3. The largest absolute Gasteiger partial charge is 0.388 e. The first-order valence-electron chi connectivity index (χ1n) is 5.54. The molecule has 2 heteroatoms. The lowest BCUT2D eigenvalue weighted by Gasteiger charge is -2.40. The number of aliphatic hydroxyl groups is 1. The average Bonchev–Trinajstić information content (AvgIpc) is 2.04. The molecule has 13 heavy (non-hydrogen) atoms. The van der Waals surface area contributed by atoms with Gasteiger partial charge in [-0.2, -0.15) is 0 Å². The number of rotatable bonds is 3. The Bertz CT molecular complexity index is 160. The molecule has 0 saturated heterocycles. The number of hydrogen-bond donors (Lipinski definition) is 2. The topological polar surface area (TPSA) is 32.3 Å². The van der Waals surface area contributed by atoms with Crippen molar-refractivity contribution >= 4 is 0 Å². The second-order valence-electron chi connectivity index (χ2n) is 4.58. The highest BCUT2D eigenvalue weighted by Gasteiger charge is 2.37. The molecular weight excluding hydrogens is 162 g/mol. The maximum atomic E-state index is 10.4. The van der Waals surface area contributed by atoms with Crippen LogP contribution in [-0.2, 0) is 0 Å². The third-order valence-corrected chi connectivity index (χ3v) is 3.32. The summed E-state index contributed by atoms with van der Waals surface area (Å²) in [6.07, 6.45) is 4.38. The van der Waals surface area contributed by atoms with Gasteiger partial charge < -0.3 is 10.4 Å². The van der Waals surface area contributed by atoms with Crippen LogP contribution >= 0.6 is 0 Å². The normalized spacial score (nSPS) is 37.4. The predicted octanol–water partition coefficient (Wildman–Crippen LogP) is 1.93. The molecule has 2 N–H and O–H groups in total. The minimum atomic E-state index is -0.451. The highest BCUT2D eigenvalue weighted by molar-refractivity contribution is 4.92. The van der Waals surface area contributed by atoms with Crippen LogP contribution in [0, 0.1) is 5.92 Å². The van der Waals surface area contributed by atoms with Gasteiger partial charge in [0.25, 0.3) is 0 Å². The van der Waals surface area contributed by atoms with Crippen LogP contribution in [-0.4, -0.2) is 23.3 Å². The van der Waals surface area contributed by atoms with Crippen molar-refractivity contribution in [1.29, 1.82) is 0 Å². The Morgan fingerprint density at radius 2 is 2.31 bits per heavy atom. The summed E-state index contributed by atoms with van der Waals surface area (Å²) in [7, 11) is 0. The summed E-state index contributed by atoms with van der Waals surface area (Å²) >= 11 is 0. The van der Waals surface area contributed by atoms with Crippen LogP contribution in [0.15, 0.2) is 0 Å². The van der Waals surface area contributed by atoms with E-state index in [0.717, 1.165) is 19.4 Å². The Kier molecular flexibility index (Phi) is 3.74. The van der Waals surface area contributed by atoms with Gasteiger partial charge in [0.2, 0.25) is 0 Å². The van der Waals surface area contributed by atoms with E-state index >= 15 is 0 Å². The molecule has 0 bridgehead atoms. The highest BCUT2D eigenvalue weighted by atomic mass is 16.3. The number of hydrogen-bond acceptors (Lipinski definition) is 2. The Morgan fingerprint density at radius 1 is 1.62 bits per heavy atom. The molecule has 1 aliphatic rings. The lowest BCUT2D eigenvalue weighted by atomic mass is 9.75. The molecule has 0 radical (unpaired) electrons. The maximum absolute atomic E-state index is 10.4. The van der Waals surface area contributed by atoms with Crippen molar-refractivity contribution in [2.75, 3.05) is 6.54 Å². The van der Waals surface area contributed by atoms with Crippen molar-refractivity contribution < 1.29 is 5.11 Å². The van der Waals surface area contributed by atoms with Crippen LogP contribution in [0.2, 0.25) is 0 Å². The van der Waals surface area contributed by atoms with Gasteiger partial charge in [-0.3, -0.25) is 0 Å². The minimum absolute atomic E-state index is 0.236. The van der Waals surface area contributed by atoms with E-state index in [1.165, 1.54) is 12.8 Å². The molecule has 0 aromatic rings. The van der Waals surface area contributed by atoms with Crippen LogP contribution in [0.4, 0.5) is 0 Å². The molecule has 0 heterocycles. The Labute approximate surface area is 81.7 Å². The summed E-state index contributed by atoms with van der Waals surface area (Å²) in [6.45, 7) is 7.37. The summed E-state index contributed by atoms with van der Waals surface area (Å²) in [5.41, 5.74) is -0.451. The van der Waals surface area contributed by atoms with E-state index in [2.05, 4.69) is 26.1 Å². The fourth-order valence-corrected chi connectivity index (χ4v) is 2.45. The van der Waals surface area contributed by atoms with Gasteiger partial charge in [0.1, 0.15) is 0 Å². The van der Waals surface area contributed by atoms with E-state index in [0.29, 0.717) is 5.92 Å². The molecule has 1 rings (SSSR count). The lowest BCUT2D eigenvalue weighted by Crippen LogP contribution is -2.51. The molecule has 1 saturated carbocycles.